The molecule has 0 saturated carbocycles. The first-order chi connectivity index (χ1) is 10.4. The molecule has 22 heavy (non-hydrogen) atoms. The van der Waals surface area contributed by atoms with Gasteiger partial charge in [-0.05, 0) is 26.7 Å². The number of hydrogen-bond donors (Lipinski definition) is 3. The van der Waals surface area contributed by atoms with E-state index >= 15 is 0 Å². The highest BCUT2D eigenvalue weighted by atomic mass is 16.3. The first-order valence-corrected chi connectivity index (χ1v) is 7.03. The first-order valence-electron chi connectivity index (χ1n) is 7.03. The van der Waals surface area contributed by atoms with E-state index in [0.29, 0.717) is 6.04 Å². The minimum atomic E-state index is -0.250. The molecule has 1 aliphatic rings. The lowest BCUT2D eigenvalue weighted by Gasteiger charge is -2.29. The van der Waals surface area contributed by atoms with Crippen LogP contribution >= 0.6 is 0 Å². The summed E-state index contributed by atoms with van der Waals surface area (Å²) in [5.74, 6) is 1.17. The van der Waals surface area contributed by atoms with E-state index in [1.165, 1.54) is 11.5 Å². The summed E-state index contributed by atoms with van der Waals surface area (Å²) in [5.41, 5.74) is 8.31. The topological polar surface area (TPSA) is 122 Å². The predicted octanol–water partition coefficient (Wildman–Crippen LogP) is 0.362. The molecule has 0 aliphatic carbocycles. The molecule has 0 spiro atoms. The monoisotopic (exact) mass is 314 g/mol. The number of likely N-dealkylation sites (tertiary alicyclic amines) is 1. The minimum Gasteiger partial charge on any atom is -0.483 e. The minimum absolute atomic E-state index is 0.250. The van der Waals surface area contributed by atoms with Crippen LogP contribution in [0.1, 0.15) is 30.1 Å². The molecule has 2 rings (SSSR count). The number of aryl methyl sites for hydroxylation is 1. The van der Waals surface area contributed by atoms with E-state index < -0.39 is 0 Å². The number of nitrogens with zero attached hydrogens (tertiary/aromatic N) is 3. The van der Waals surface area contributed by atoms with Crippen LogP contribution in [0.5, 0.6) is 0 Å². The van der Waals surface area contributed by atoms with Gasteiger partial charge < -0.3 is 20.5 Å². The number of piperidine rings is 1. The summed E-state index contributed by atoms with van der Waals surface area (Å²) in [6.07, 6.45) is 2.23. The Bertz CT molecular complexity index is 448. The SMILES string of the molecule is Cc1nc(CN2CCC(N)CC2)n(C)c1C.O=CO.O=CO. The molecule has 2 heterocycles. The molecule has 1 fully saturated rings. The summed E-state index contributed by atoms with van der Waals surface area (Å²) < 4.78 is 2.20. The highest BCUT2D eigenvalue weighted by Gasteiger charge is 2.18. The Kier molecular flexibility index (Phi) is 9.80. The molecule has 1 aromatic rings. The maximum Gasteiger partial charge on any atom is 0.290 e. The van der Waals surface area contributed by atoms with Crippen LogP contribution in [-0.4, -0.2) is 56.7 Å². The average Bonchev–Trinajstić information content (AvgIpc) is 2.71. The second kappa shape index (κ2) is 10.7. The summed E-state index contributed by atoms with van der Waals surface area (Å²) in [5, 5.41) is 13.8. The maximum atomic E-state index is 8.36. The third-order valence-corrected chi connectivity index (χ3v) is 3.71. The summed E-state index contributed by atoms with van der Waals surface area (Å²) >= 11 is 0. The Labute approximate surface area is 130 Å². The van der Waals surface area contributed by atoms with Crippen molar-refractivity contribution in [3.05, 3.63) is 17.2 Å². The summed E-state index contributed by atoms with van der Waals surface area (Å²) in [4.78, 5) is 23.8. The van der Waals surface area contributed by atoms with Crippen LogP contribution in [0.25, 0.3) is 0 Å². The normalized spacial score (nSPS) is 15.1. The molecule has 4 N–H and O–H groups in total. The van der Waals surface area contributed by atoms with Crippen molar-refractivity contribution in [1.29, 1.82) is 0 Å². The van der Waals surface area contributed by atoms with Gasteiger partial charge in [0.1, 0.15) is 5.82 Å². The van der Waals surface area contributed by atoms with Gasteiger partial charge in [-0.3, -0.25) is 14.5 Å². The number of nitrogens with two attached hydrogens (primary N) is 1. The fraction of sp³-hybridized carbons (Fsp3) is 0.643. The van der Waals surface area contributed by atoms with Gasteiger partial charge in [0, 0.05) is 31.9 Å². The van der Waals surface area contributed by atoms with E-state index in [1.54, 1.807) is 0 Å². The van der Waals surface area contributed by atoms with Gasteiger partial charge in [-0.1, -0.05) is 0 Å². The lowest BCUT2D eigenvalue weighted by atomic mass is 10.1. The highest BCUT2D eigenvalue weighted by Crippen LogP contribution is 2.14. The molecule has 0 radical (unpaired) electrons. The van der Waals surface area contributed by atoms with E-state index in [9.17, 15) is 0 Å². The number of carboxylic acid groups (broad SMARTS) is 2. The molecule has 0 unspecified atom stereocenters. The lowest BCUT2D eigenvalue weighted by molar-refractivity contribution is -0.123. The molecular formula is C14H26N4O4. The smallest absolute Gasteiger partial charge is 0.290 e. The van der Waals surface area contributed by atoms with E-state index in [1.807, 2.05) is 0 Å². The van der Waals surface area contributed by atoms with Crippen LogP contribution in [0.2, 0.25) is 0 Å². The van der Waals surface area contributed by atoms with E-state index in [-0.39, 0.29) is 12.9 Å². The van der Waals surface area contributed by atoms with E-state index in [2.05, 4.69) is 35.3 Å². The highest BCUT2D eigenvalue weighted by molar-refractivity contribution is 5.33. The Morgan fingerprint density at radius 3 is 2.05 bits per heavy atom. The van der Waals surface area contributed by atoms with Crippen LogP contribution in [0.4, 0.5) is 0 Å². The summed E-state index contributed by atoms with van der Waals surface area (Å²) in [6.45, 7) is 6.86. The maximum absolute atomic E-state index is 8.36. The Morgan fingerprint density at radius 1 is 1.23 bits per heavy atom. The number of rotatable bonds is 2. The van der Waals surface area contributed by atoms with E-state index in [4.69, 9.17) is 25.5 Å². The molecule has 8 nitrogen and oxygen atoms in total. The number of hydrogen-bond acceptors (Lipinski definition) is 5. The number of carbonyl (C=O) groups is 2. The zero-order valence-corrected chi connectivity index (χ0v) is 13.4. The number of imidazole rings is 1. The largest absolute Gasteiger partial charge is 0.483 e. The Morgan fingerprint density at radius 2 is 1.68 bits per heavy atom. The third kappa shape index (κ3) is 6.68. The Balaban J connectivity index is 0.000000639. The molecule has 126 valence electrons. The van der Waals surface area contributed by atoms with Crippen molar-refractivity contribution < 1.29 is 19.8 Å². The molecule has 0 aromatic carbocycles. The van der Waals surface area contributed by atoms with Gasteiger partial charge in [-0.25, -0.2) is 4.98 Å². The fourth-order valence-electron chi connectivity index (χ4n) is 2.24. The second-order valence-corrected chi connectivity index (χ2v) is 5.08. The molecule has 1 aromatic heterocycles. The molecule has 1 aliphatic heterocycles. The van der Waals surface area contributed by atoms with Gasteiger partial charge >= 0.3 is 0 Å². The van der Waals surface area contributed by atoms with Crippen molar-refractivity contribution in [3.63, 3.8) is 0 Å². The van der Waals surface area contributed by atoms with Gasteiger partial charge in [0.25, 0.3) is 12.9 Å². The van der Waals surface area contributed by atoms with Gasteiger partial charge in [0.2, 0.25) is 0 Å². The van der Waals surface area contributed by atoms with Crippen molar-refractivity contribution in [1.82, 2.24) is 14.5 Å². The molecule has 8 heteroatoms. The van der Waals surface area contributed by atoms with Gasteiger partial charge in [-0.15, -0.1) is 0 Å². The quantitative estimate of drug-likeness (QED) is 0.674. The molecule has 0 bridgehead atoms. The standard InChI is InChI=1S/C12H22N4.2CH2O2/c1-9-10(2)15(3)12(14-9)8-16-6-4-11(13)5-7-16;2*2-1-3/h11H,4-8,13H2,1-3H3;2*1H,(H,2,3). The lowest BCUT2D eigenvalue weighted by Crippen LogP contribution is -2.39. The van der Waals surface area contributed by atoms with Crippen molar-refractivity contribution in [2.45, 2.75) is 39.3 Å². The first kappa shape index (κ1) is 20.1. The fourth-order valence-corrected chi connectivity index (χ4v) is 2.24. The van der Waals surface area contributed by atoms with Gasteiger partial charge in [0.05, 0.1) is 12.2 Å². The van der Waals surface area contributed by atoms with Gasteiger partial charge in [-0.2, -0.15) is 0 Å². The summed E-state index contributed by atoms with van der Waals surface area (Å²) in [7, 11) is 2.10. The van der Waals surface area contributed by atoms with Crippen molar-refractivity contribution in [2.24, 2.45) is 12.8 Å². The summed E-state index contributed by atoms with van der Waals surface area (Å²) in [6, 6.07) is 0.404. The average molecular weight is 314 g/mol. The number of aromatic nitrogens is 2. The second-order valence-electron chi connectivity index (χ2n) is 5.08. The van der Waals surface area contributed by atoms with Crippen molar-refractivity contribution in [3.8, 4) is 0 Å². The zero-order chi connectivity index (χ0) is 17.1. The van der Waals surface area contributed by atoms with Crippen LogP contribution in [0, 0.1) is 13.8 Å². The Hall–Kier alpha value is -1.93. The van der Waals surface area contributed by atoms with Crippen LogP contribution in [-0.2, 0) is 23.2 Å². The van der Waals surface area contributed by atoms with Crippen LogP contribution in [0.15, 0.2) is 0 Å². The molecule has 1 saturated heterocycles. The van der Waals surface area contributed by atoms with Crippen molar-refractivity contribution in [2.75, 3.05) is 13.1 Å². The van der Waals surface area contributed by atoms with Crippen LogP contribution in [0.3, 0.4) is 0 Å². The zero-order valence-electron chi connectivity index (χ0n) is 13.4. The predicted molar refractivity (Wildman–Crippen MR) is 82.6 cm³/mol. The van der Waals surface area contributed by atoms with Crippen molar-refractivity contribution >= 4 is 12.9 Å². The molecule has 0 atom stereocenters. The molecular weight excluding hydrogens is 288 g/mol. The third-order valence-electron chi connectivity index (χ3n) is 3.71. The molecule has 0 amide bonds. The van der Waals surface area contributed by atoms with E-state index in [0.717, 1.165) is 38.2 Å². The van der Waals surface area contributed by atoms with Gasteiger partial charge in [0.15, 0.2) is 0 Å². The van der Waals surface area contributed by atoms with Crippen LogP contribution < -0.4 is 5.73 Å².